The zero-order valence-electron chi connectivity index (χ0n) is 13.6. The van der Waals surface area contributed by atoms with Gasteiger partial charge in [-0.05, 0) is 47.7 Å². The summed E-state index contributed by atoms with van der Waals surface area (Å²) in [5.74, 6) is 0.224. The van der Waals surface area contributed by atoms with Gasteiger partial charge in [-0.15, -0.1) is 0 Å². The number of hydrogen-bond donors (Lipinski definition) is 0. The number of ether oxygens (including phenoxy) is 1. The molecule has 0 saturated carbocycles. The Bertz CT molecular complexity index is 920. The van der Waals surface area contributed by atoms with Crippen LogP contribution in [0.3, 0.4) is 0 Å². The molecule has 3 aromatic rings. The maximum atomic E-state index is 12.5. The molecule has 2 atom stereocenters. The van der Waals surface area contributed by atoms with E-state index in [0.29, 0.717) is 10.0 Å². The average Bonchev–Trinajstić information content (AvgIpc) is 3.17. The first-order chi connectivity index (χ1) is 12.9. The van der Waals surface area contributed by atoms with Crippen LogP contribution in [0.4, 0.5) is 4.79 Å². The molecule has 0 amide bonds. The molecule has 9 heteroatoms. The standard InChI is InChI=1S/C18H12Cl4N2O2S/c19-12-3-1-11(2-4-12)16(17(22)24-8-7-23-10-24)27-18(25)26-15-6-5-13(20)9-14(15)21/h1-10,16-17H. The van der Waals surface area contributed by atoms with E-state index in [1.165, 1.54) is 12.1 Å². The number of carbonyl (C=O) groups excluding carboxylic acids is 1. The number of rotatable bonds is 5. The van der Waals surface area contributed by atoms with Crippen LogP contribution in [0, 0.1) is 0 Å². The van der Waals surface area contributed by atoms with Crippen molar-refractivity contribution in [2.45, 2.75) is 10.8 Å². The van der Waals surface area contributed by atoms with Crippen molar-refractivity contribution < 1.29 is 9.53 Å². The molecule has 0 fully saturated rings. The van der Waals surface area contributed by atoms with E-state index in [-0.39, 0.29) is 10.8 Å². The van der Waals surface area contributed by atoms with Crippen LogP contribution in [-0.4, -0.2) is 14.9 Å². The first kappa shape index (κ1) is 20.4. The number of halogens is 4. The van der Waals surface area contributed by atoms with Gasteiger partial charge in [0, 0.05) is 22.4 Å². The Kier molecular flexibility index (Phi) is 6.95. The molecular formula is C18H12Cl4N2O2S. The van der Waals surface area contributed by atoms with Gasteiger partial charge in [0.2, 0.25) is 0 Å². The lowest BCUT2D eigenvalue weighted by atomic mass is 10.1. The fraction of sp³-hybridized carbons (Fsp3) is 0.111. The van der Waals surface area contributed by atoms with E-state index in [4.69, 9.17) is 51.1 Å². The van der Waals surface area contributed by atoms with Crippen molar-refractivity contribution in [3.8, 4) is 5.75 Å². The fourth-order valence-electron chi connectivity index (χ4n) is 2.28. The predicted molar refractivity (Wildman–Crippen MR) is 111 cm³/mol. The number of nitrogens with zero attached hydrogens (tertiary/aromatic N) is 2. The maximum Gasteiger partial charge on any atom is 0.373 e. The number of carbonyl (C=O) groups is 1. The molecular weight excluding hydrogens is 450 g/mol. The third kappa shape index (κ3) is 5.33. The van der Waals surface area contributed by atoms with E-state index in [1.54, 1.807) is 41.5 Å². The van der Waals surface area contributed by atoms with Crippen LogP contribution >= 0.6 is 58.2 Å². The highest BCUT2D eigenvalue weighted by Gasteiger charge is 2.27. The van der Waals surface area contributed by atoms with Gasteiger partial charge in [0.05, 0.1) is 16.6 Å². The van der Waals surface area contributed by atoms with Crippen LogP contribution in [0.1, 0.15) is 16.3 Å². The summed E-state index contributed by atoms with van der Waals surface area (Å²) in [6.45, 7) is 0. The lowest BCUT2D eigenvalue weighted by Gasteiger charge is -2.22. The summed E-state index contributed by atoms with van der Waals surface area (Å²) in [6, 6.07) is 11.7. The van der Waals surface area contributed by atoms with Crippen molar-refractivity contribution >= 4 is 63.5 Å². The van der Waals surface area contributed by atoms with E-state index >= 15 is 0 Å². The SMILES string of the molecule is O=C(Oc1ccc(Cl)cc1Cl)SC(c1ccc(Cl)cc1)C(Cl)n1ccnc1. The summed E-state index contributed by atoms with van der Waals surface area (Å²) < 4.78 is 7.07. The number of aromatic nitrogens is 2. The number of imidazole rings is 1. The monoisotopic (exact) mass is 460 g/mol. The van der Waals surface area contributed by atoms with Gasteiger partial charge in [-0.1, -0.05) is 58.5 Å². The Morgan fingerprint density at radius 3 is 2.41 bits per heavy atom. The Labute approximate surface area is 180 Å². The van der Waals surface area contributed by atoms with Crippen LogP contribution in [0.2, 0.25) is 15.1 Å². The first-order valence-corrected chi connectivity index (χ1v) is 10.1. The van der Waals surface area contributed by atoms with Crippen molar-refractivity contribution in [3.63, 3.8) is 0 Å². The van der Waals surface area contributed by atoms with Crippen LogP contribution < -0.4 is 4.74 Å². The first-order valence-electron chi connectivity index (χ1n) is 7.64. The fourth-order valence-corrected chi connectivity index (χ4v) is 4.16. The summed E-state index contributed by atoms with van der Waals surface area (Å²) in [4.78, 5) is 16.5. The molecule has 0 radical (unpaired) electrons. The topological polar surface area (TPSA) is 44.1 Å². The molecule has 0 aliphatic carbocycles. The lowest BCUT2D eigenvalue weighted by molar-refractivity contribution is 0.227. The minimum absolute atomic E-state index is 0.224. The van der Waals surface area contributed by atoms with Gasteiger partial charge >= 0.3 is 5.30 Å². The second kappa shape index (κ2) is 9.22. The van der Waals surface area contributed by atoms with Gasteiger partial charge in [-0.2, -0.15) is 0 Å². The third-order valence-electron chi connectivity index (χ3n) is 3.57. The van der Waals surface area contributed by atoms with E-state index in [0.717, 1.165) is 17.3 Å². The third-order valence-corrected chi connectivity index (χ3v) is 6.04. The number of thioether (sulfide) groups is 1. The summed E-state index contributed by atoms with van der Waals surface area (Å²) >= 11 is 25.4. The molecule has 0 bridgehead atoms. The molecule has 4 nitrogen and oxygen atoms in total. The van der Waals surface area contributed by atoms with Crippen LogP contribution in [0.25, 0.3) is 0 Å². The quantitative estimate of drug-likeness (QED) is 0.296. The van der Waals surface area contributed by atoms with Gasteiger partial charge in [0.25, 0.3) is 0 Å². The lowest BCUT2D eigenvalue weighted by Crippen LogP contribution is -2.13. The highest BCUT2D eigenvalue weighted by molar-refractivity contribution is 8.13. The van der Waals surface area contributed by atoms with Gasteiger partial charge < -0.3 is 9.30 Å². The van der Waals surface area contributed by atoms with E-state index < -0.39 is 16.1 Å². The van der Waals surface area contributed by atoms with E-state index in [1.807, 2.05) is 12.1 Å². The zero-order chi connectivity index (χ0) is 19.4. The van der Waals surface area contributed by atoms with E-state index in [9.17, 15) is 4.79 Å². The second-order valence-corrected chi connectivity index (χ2v) is 8.20. The number of benzene rings is 2. The van der Waals surface area contributed by atoms with Crippen molar-refractivity contribution in [2.24, 2.45) is 0 Å². The average molecular weight is 462 g/mol. The molecule has 0 saturated heterocycles. The minimum atomic E-state index is -0.577. The Morgan fingerprint density at radius 2 is 1.78 bits per heavy atom. The van der Waals surface area contributed by atoms with Gasteiger partial charge in [-0.3, -0.25) is 0 Å². The molecule has 2 unspecified atom stereocenters. The Hall–Kier alpha value is -1.37. The van der Waals surface area contributed by atoms with Gasteiger partial charge in [-0.25, -0.2) is 9.78 Å². The van der Waals surface area contributed by atoms with Crippen molar-refractivity contribution in [2.75, 3.05) is 0 Å². The van der Waals surface area contributed by atoms with E-state index in [2.05, 4.69) is 4.98 Å². The maximum absolute atomic E-state index is 12.5. The Morgan fingerprint density at radius 1 is 1.07 bits per heavy atom. The molecule has 0 aliphatic heterocycles. The van der Waals surface area contributed by atoms with Crippen LogP contribution in [-0.2, 0) is 0 Å². The van der Waals surface area contributed by atoms with Crippen molar-refractivity contribution in [1.29, 1.82) is 0 Å². The zero-order valence-corrected chi connectivity index (χ0v) is 17.4. The largest absolute Gasteiger partial charge is 0.417 e. The normalized spacial score (nSPS) is 13.2. The van der Waals surface area contributed by atoms with Crippen molar-refractivity contribution in [1.82, 2.24) is 9.55 Å². The molecule has 140 valence electrons. The molecule has 0 N–H and O–H groups in total. The molecule has 2 aromatic carbocycles. The summed E-state index contributed by atoms with van der Waals surface area (Å²) in [5, 5.41) is 0.289. The van der Waals surface area contributed by atoms with Crippen molar-refractivity contribution in [3.05, 3.63) is 81.8 Å². The highest BCUT2D eigenvalue weighted by atomic mass is 35.5. The van der Waals surface area contributed by atoms with Gasteiger partial charge in [0.1, 0.15) is 11.3 Å². The summed E-state index contributed by atoms with van der Waals surface area (Å²) in [6.07, 6.45) is 4.93. The molecule has 3 rings (SSSR count). The summed E-state index contributed by atoms with van der Waals surface area (Å²) in [5.41, 5.74) is 0.240. The van der Waals surface area contributed by atoms with Crippen LogP contribution in [0.5, 0.6) is 5.75 Å². The van der Waals surface area contributed by atoms with Crippen LogP contribution in [0.15, 0.2) is 61.2 Å². The Balaban J connectivity index is 1.82. The molecule has 1 heterocycles. The van der Waals surface area contributed by atoms with Gasteiger partial charge in [0.15, 0.2) is 0 Å². The summed E-state index contributed by atoms with van der Waals surface area (Å²) in [7, 11) is 0. The highest BCUT2D eigenvalue weighted by Crippen LogP contribution is 2.43. The predicted octanol–water partition coefficient (Wildman–Crippen LogP) is 7.25. The molecule has 0 aliphatic rings. The number of alkyl halides is 1. The molecule has 27 heavy (non-hydrogen) atoms. The molecule has 0 spiro atoms. The number of hydrogen-bond acceptors (Lipinski definition) is 4. The second-order valence-electron chi connectivity index (χ2n) is 5.40. The minimum Gasteiger partial charge on any atom is -0.417 e. The smallest absolute Gasteiger partial charge is 0.373 e. The molecule has 1 aromatic heterocycles.